The maximum atomic E-state index is 12.1. The predicted octanol–water partition coefficient (Wildman–Crippen LogP) is 3.50. The number of amides is 1. The number of carboxylic acid groups (broad SMARTS) is 1. The summed E-state index contributed by atoms with van der Waals surface area (Å²) in [5, 5.41) is 12.1. The van der Waals surface area contributed by atoms with Crippen molar-refractivity contribution in [2.75, 3.05) is 5.32 Å². The molecule has 0 fully saturated rings. The molecule has 118 valence electrons. The third-order valence-corrected chi connectivity index (χ3v) is 4.00. The highest BCUT2D eigenvalue weighted by Crippen LogP contribution is 2.30. The fourth-order valence-corrected chi connectivity index (χ4v) is 2.79. The van der Waals surface area contributed by atoms with Gasteiger partial charge in [-0.1, -0.05) is 6.42 Å². The Kier molecular flexibility index (Phi) is 4.37. The average molecular weight is 310 g/mol. The fourth-order valence-electron chi connectivity index (χ4n) is 2.79. The average Bonchev–Trinajstić information content (AvgIpc) is 2.54. The Balaban J connectivity index is 2.12. The molecule has 3 rings (SSSR count). The largest absolute Gasteiger partial charge is 0.478 e. The lowest BCUT2D eigenvalue weighted by molar-refractivity contribution is -0.116. The van der Waals surface area contributed by atoms with E-state index in [1.165, 1.54) is 6.07 Å². The van der Waals surface area contributed by atoms with Crippen molar-refractivity contribution in [3.05, 3.63) is 47.8 Å². The maximum absolute atomic E-state index is 12.1. The van der Waals surface area contributed by atoms with Crippen molar-refractivity contribution < 1.29 is 14.7 Å². The van der Waals surface area contributed by atoms with Gasteiger partial charge in [0.1, 0.15) is 0 Å². The molecule has 0 saturated carbocycles. The number of pyridine rings is 1. The minimum atomic E-state index is -0.987. The van der Waals surface area contributed by atoms with Crippen LogP contribution in [0.4, 0.5) is 5.69 Å². The Labute approximate surface area is 134 Å². The van der Waals surface area contributed by atoms with Crippen molar-refractivity contribution in [2.45, 2.75) is 32.1 Å². The van der Waals surface area contributed by atoms with Crippen LogP contribution in [0.2, 0.25) is 0 Å². The van der Waals surface area contributed by atoms with Gasteiger partial charge in [0.2, 0.25) is 5.91 Å². The van der Waals surface area contributed by atoms with Gasteiger partial charge in [0.25, 0.3) is 0 Å². The first kappa shape index (κ1) is 15.2. The Hall–Kier alpha value is -2.69. The molecule has 0 radical (unpaired) electrons. The molecule has 23 heavy (non-hydrogen) atoms. The van der Waals surface area contributed by atoms with Crippen LogP contribution in [0.1, 0.15) is 41.7 Å². The number of hydrogen-bond donors (Lipinski definition) is 2. The summed E-state index contributed by atoms with van der Waals surface area (Å²) in [6.45, 7) is 0. The first-order valence-corrected chi connectivity index (χ1v) is 7.76. The maximum Gasteiger partial charge on any atom is 0.335 e. The summed E-state index contributed by atoms with van der Waals surface area (Å²) in [4.78, 5) is 27.7. The molecule has 1 aliphatic rings. The molecule has 2 heterocycles. The smallest absolute Gasteiger partial charge is 0.335 e. The molecule has 0 unspecified atom stereocenters. The molecule has 2 bridgehead atoms. The summed E-state index contributed by atoms with van der Waals surface area (Å²) in [5.74, 6) is -1.02. The number of anilines is 1. The number of fused-ring (bicyclic) bond motifs is 4. The highest BCUT2D eigenvalue weighted by Gasteiger charge is 2.14. The third kappa shape index (κ3) is 3.56. The van der Waals surface area contributed by atoms with E-state index in [4.69, 9.17) is 0 Å². The van der Waals surface area contributed by atoms with Crippen LogP contribution >= 0.6 is 0 Å². The van der Waals surface area contributed by atoms with Crippen LogP contribution in [0.25, 0.3) is 11.1 Å². The van der Waals surface area contributed by atoms with Crippen molar-refractivity contribution in [3.63, 3.8) is 0 Å². The summed E-state index contributed by atoms with van der Waals surface area (Å²) in [6.07, 6.45) is 5.89. The first-order valence-electron chi connectivity index (χ1n) is 7.76. The monoisotopic (exact) mass is 310 g/mol. The van der Waals surface area contributed by atoms with Gasteiger partial charge in [0.05, 0.1) is 5.56 Å². The Morgan fingerprint density at radius 1 is 1.09 bits per heavy atom. The molecule has 0 aliphatic carbocycles. The summed E-state index contributed by atoms with van der Waals surface area (Å²) in [5.41, 5.74) is 3.40. The number of benzene rings is 1. The molecule has 1 aromatic carbocycles. The molecule has 1 aliphatic heterocycles. The van der Waals surface area contributed by atoms with Gasteiger partial charge in [0.15, 0.2) is 0 Å². The van der Waals surface area contributed by atoms with Crippen LogP contribution in [0.5, 0.6) is 0 Å². The van der Waals surface area contributed by atoms with Gasteiger partial charge in [-0.3, -0.25) is 9.78 Å². The Morgan fingerprint density at radius 2 is 1.91 bits per heavy atom. The second kappa shape index (κ2) is 6.60. The third-order valence-electron chi connectivity index (χ3n) is 4.00. The zero-order chi connectivity index (χ0) is 16.2. The van der Waals surface area contributed by atoms with Crippen LogP contribution in [0.15, 0.2) is 36.5 Å². The van der Waals surface area contributed by atoms with Gasteiger partial charge in [0, 0.05) is 29.6 Å². The predicted molar refractivity (Wildman–Crippen MR) is 87.4 cm³/mol. The molecule has 0 saturated heterocycles. The number of aryl methyl sites for hydroxylation is 1. The summed E-state index contributed by atoms with van der Waals surface area (Å²) in [7, 11) is 0. The van der Waals surface area contributed by atoms with E-state index in [1.54, 1.807) is 18.3 Å². The van der Waals surface area contributed by atoms with Crippen LogP contribution < -0.4 is 5.32 Å². The molecule has 2 N–H and O–H groups in total. The molecule has 0 atom stereocenters. The molecule has 1 amide bonds. The van der Waals surface area contributed by atoms with Gasteiger partial charge in [-0.25, -0.2) is 4.79 Å². The van der Waals surface area contributed by atoms with E-state index in [2.05, 4.69) is 10.3 Å². The minimum Gasteiger partial charge on any atom is -0.478 e. The fraction of sp³-hybridized carbons (Fsp3) is 0.278. The number of nitrogens with one attached hydrogen (secondary N) is 1. The van der Waals surface area contributed by atoms with Crippen LogP contribution in [0.3, 0.4) is 0 Å². The van der Waals surface area contributed by atoms with E-state index >= 15 is 0 Å². The van der Waals surface area contributed by atoms with E-state index in [-0.39, 0.29) is 11.5 Å². The van der Waals surface area contributed by atoms with Gasteiger partial charge in [-0.15, -0.1) is 0 Å². The SMILES string of the molecule is O=C1CCCCCc2cc(ccn2)-c2cc(C(=O)O)ccc2N1. The normalized spacial score (nSPS) is 14.9. The van der Waals surface area contributed by atoms with Crippen LogP contribution in [0, 0.1) is 0 Å². The van der Waals surface area contributed by atoms with Crippen molar-refractivity contribution in [2.24, 2.45) is 0 Å². The molecule has 2 aromatic rings. The Bertz CT molecular complexity index is 756. The zero-order valence-electron chi connectivity index (χ0n) is 12.7. The van der Waals surface area contributed by atoms with Gasteiger partial charge in [-0.05, 0) is 55.2 Å². The molecule has 0 spiro atoms. The van der Waals surface area contributed by atoms with E-state index in [0.29, 0.717) is 17.7 Å². The molecular weight excluding hydrogens is 292 g/mol. The van der Waals surface area contributed by atoms with Gasteiger partial charge in [-0.2, -0.15) is 0 Å². The van der Waals surface area contributed by atoms with E-state index in [9.17, 15) is 14.7 Å². The lowest BCUT2D eigenvalue weighted by Gasteiger charge is -2.14. The Morgan fingerprint density at radius 3 is 2.74 bits per heavy atom. The summed E-state index contributed by atoms with van der Waals surface area (Å²) < 4.78 is 0. The van der Waals surface area contributed by atoms with Gasteiger partial charge >= 0.3 is 5.97 Å². The standard InChI is InChI=1S/C18H18N2O3/c21-17-5-3-1-2-4-14-10-12(8-9-19-14)15-11-13(18(22)23)6-7-16(15)20-17/h6-11H,1-5H2,(H,20,21)(H,22,23). The number of hydrogen-bond acceptors (Lipinski definition) is 3. The highest BCUT2D eigenvalue weighted by atomic mass is 16.4. The molecule has 1 aromatic heterocycles. The zero-order valence-corrected chi connectivity index (χ0v) is 12.7. The number of rotatable bonds is 1. The molecular formula is C18H18N2O3. The number of carboxylic acids is 1. The number of nitrogens with zero attached hydrogens (tertiary/aromatic N) is 1. The van der Waals surface area contributed by atoms with Crippen molar-refractivity contribution in [1.82, 2.24) is 4.98 Å². The lowest BCUT2D eigenvalue weighted by atomic mass is 9.99. The van der Waals surface area contributed by atoms with Crippen LogP contribution in [-0.4, -0.2) is 22.0 Å². The quantitative estimate of drug-likeness (QED) is 0.845. The number of carbonyl (C=O) groups is 2. The number of aromatic carboxylic acids is 1. The highest BCUT2D eigenvalue weighted by molar-refractivity contribution is 5.98. The number of aromatic nitrogens is 1. The van der Waals surface area contributed by atoms with E-state index in [0.717, 1.165) is 36.9 Å². The minimum absolute atomic E-state index is 0.0378. The van der Waals surface area contributed by atoms with Crippen molar-refractivity contribution >= 4 is 17.6 Å². The molecule has 5 nitrogen and oxygen atoms in total. The van der Waals surface area contributed by atoms with Crippen molar-refractivity contribution in [1.29, 1.82) is 0 Å². The van der Waals surface area contributed by atoms with E-state index < -0.39 is 5.97 Å². The van der Waals surface area contributed by atoms with E-state index in [1.807, 2.05) is 12.1 Å². The molecule has 5 heteroatoms. The summed E-state index contributed by atoms with van der Waals surface area (Å²) in [6, 6.07) is 8.57. The topological polar surface area (TPSA) is 79.3 Å². The second-order valence-electron chi connectivity index (χ2n) is 5.71. The van der Waals surface area contributed by atoms with Crippen LogP contribution in [-0.2, 0) is 11.2 Å². The second-order valence-corrected chi connectivity index (χ2v) is 5.71. The van der Waals surface area contributed by atoms with Gasteiger partial charge < -0.3 is 10.4 Å². The lowest BCUT2D eigenvalue weighted by Crippen LogP contribution is -2.13. The first-order chi connectivity index (χ1) is 11.1. The number of carbonyl (C=O) groups excluding carboxylic acids is 1. The summed E-state index contributed by atoms with van der Waals surface area (Å²) >= 11 is 0. The van der Waals surface area contributed by atoms with Crippen molar-refractivity contribution in [3.8, 4) is 11.1 Å².